The fourth-order valence-electron chi connectivity index (χ4n) is 2.82. The van der Waals surface area contributed by atoms with Crippen LogP contribution in [0, 0.1) is 0 Å². The summed E-state index contributed by atoms with van der Waals surface area (Å²) in [5, 5.41) is 4.37. The number of halogens is 1. The van der Waals surface area contributed by atoms with Crippen LogP contribution in [0.2, 0.25) is 5.02 Å². The summed E-state index contributed by atoms with van der Waals surface area (Å²) in [6.45, 7) is 2.42. The van der Waals surface area contributed by atoms with E-state index >= 15 is 0 Å². The largest absolute Gasteiger partial charge is 0.381 e. The van der Waals surface area contributed by atoms with E-state index in [0.717, 1.165) is 42.9 Å². The first kappa shape index (κ1) is 18.3. The highest BCUT2D eigenvalue weighted by Gasteiger charge is 2.14. The number of hydrogen-bond donors (Lipinski definition) is 1. The quantitative estimate of drug-likeness (QED) is 0.747. The summed E-state index contributed by atoms with van der Waals surface area (Å²) in [5.41, 5.74) is 2.78. The first-order valence-electron chi connectivity index (χ1n) is 8.56. The Labute approximate surface area is 158 Å². The molecule has 0 bridgehead atoms. The summed E-state index contributed by atoms with van der Waals surface area (Å²) >= 11 is 7.96. The summed E-state index contributed by atoms with van der Waals surface area (Å²) in [6.07, 6.45) is 2.23. The van der Waals surface area contributed by atoms with E-state index in [1.54, 1.807) is 0 Å². The molecule has 0 atom stereocenters. The number of rotatable bonds is 6. The van der Waals surface area contributed by atoms with Gasteiger partial charge in [0.1, 0.15) is 0 Å². The highest BCUT2D eigenvalue weighted by atomic mass is 35.5. The van der Waals surface area contributed by atoms with Crippen LogP contribution in [0.25, 0.3) is 11.1 Å². The second-order valence-electron chi connectivity index (χ2n) is 6.03. The Hall–Kier alpha value is -1.49. The van der Waals surface area contributed by atoms with E-state index in [2.05, 4.69) is 5.32 Å². The fraction of sp³-hybridized carbons (Fsp3) is 0.350. The molecule has 132 valence electrons. The van der Waals surface area contributed by atoms with Crippen LogP contribution in [-0.4, -0.2) is 36.7 Å². The molecular formula is C20H22ClNO2S. The molecule has 1 N–H and O–H groups in total. The van der Waals surface area contributed by atoms with Crippen molar-refractivity contribution in [2.24, 2.45) is 0 Å². The zero-order valence-electron chi connectivity index (χ0n) is 14.0. The van der Waals surface area contributed by atoms with Crippen molar-refractivity contribution >= 4 is 29.3 Å². The molecule has 1 fully saturated rings. The highest BCUT2D eigenvalue weighted by Crippen LogP contribution is 2.23. The minimum atomic E-state index is -0.0229. The molecule has 1 aliphatic rings. The van der Waals surface area contributed by atoms with Crippen molar-refractivity contribution in [1.82, 2.24) is 5.32 Å². The van der Waals surface area contributed by atoms with Gasteiger partial charge in [-0.05, 0) is 48.2 Å². The van der Waals surface area contributed by atoms with Gasteiger partial charge in [0.2, 0.25) is 0 Å². The Balaban J connectivity index is 1.47. The van der Waals surface area contributed by atoms with Gasteiger partial charge >= 0.3 is 0 Å². The molecule has 2 aromatic rings. The van der Waals surface area contributed by atoms with Gasteiger partial charge in [-0.1, -0.05) is 35.9 Å². The predicted molar refractivity (Wildman–Crippen MR) is 106 cm³/mol. The Morgan fingerprint density at radius 2 is 1.88 bits per heavy atom. The number of nitrogens with one attached hydrogen (secondary N) is 1. The number of ether oxygens (including phenoxy) is 1. The van der Waals surface area contributed by atoms with Gasteiger partial charge in [-0.2, -0.15) is 11.8 Å². The lowest BCUT2D eigenvalue weighted by Gasteiger charge is -2.21. The molecule has 0 aromatic heterocycles. The molecule has 0 spiro atoms. The fourth-order valence-corrected chi connectivity index (χ4v) is 4.09. The van der Waals surface area contributed by atoms with Gasteiger partial charge in [-0.3, -0.25) is 4.79 Å². The van der Waals surface area contributed by atoms with Crippen molar-refractivity contribution in [3.8, 4) is 11.1 Å². The molecule has 1 heterocycles. The zero-order chi connectivity index (χ0) is 17.5. The van der Waals surface area contributed by atoms with Crippen molar-refractivity contribution < 1.29 is 9.53 Å². The maximum absolute atomic E-state index is 12.2. The van der Waals surface area contributed by atoms with Crippen molar-refractivity contribution in [1.29, 1.82) is 0 Å². The molecule has 5 heteroatoms. The third-order valence-electron chi connectivity index (χ3n) is 4.21. The summed E-state index contributed by atoms with van der Waals surface area (Å²) < 4.78 is 5.36. The van der Waals surface area contributed by atoms with Crippen molar-refractivity contribution in [3.63, 3.8) is 0 Å². The first-order chi connectivity index (χ1) is 12.2. The van der Waals surface area contributed by atoms with Gasteiger partial charge in [0.25, 0.3) is 5.91 Å². The summed E-state index contributed by atoms with van der Waals surface area (Å²) in [4.78, 5) is 12.2. The Bertz CT molecular complexity index is 699. The van der Waals surface area contributed by atoms with Gasteiger partial charge in [0.05, 0.1) is 0 Å². The minimum Gasteiger partial charge on any atom is -0.381 e. The number of amides is 1. The number of carbonyl (C=O) groups is 1. The lowest BCUT2D eigenvalue weighted by Crippen LogP contribution is -2.27. The van der Waals surface area contributed by atoms with E-state index in [1.165, 1.54) is 0 Å². The van der Waals surface area contributed by atoms with E-state index in [9.17, 15) is 4.79 Å². The molecule has 1 saturated heterocycles. The number of carbonyl (C=O) groups excluding carboxylic acids is 1. The second kappa shape index (κ2) is 9.27. The molecule has 0 unspecified atom stereocenters. The average Bonchev–Trinajstić information content (AvgIpc) is 2.66. The first-order valence-corrected chi connectivity index (χ1v) is 9.98. The van der Waals surface area contributed by atoms with Crippen molar-refractivity contribution in [2.75, 3.05) is 25.5 Å². The van der Waals surface area contributed by atoms with Crippen LogP contribution in [0.5, 0.6) is 0 Å². The number of benzene rings is 2. The SMILES string of the molecule is O=C(NCCSC1CCOCC1)c1ccc(-c2cccc(Cl)c2)cc1. The maximum atomic E-state index is 12.2. The molecule has 0 aliphatic carbocycles. The van der Waals surface area contributed by atoms with Gasteiger partial charge in [-0.25, -0.2) is 0 Å². The lowest BCUT2D eigenvalue weighted by molar-refractivity contribution is 0.0955. The van der Waals surface area contributed by atoms with E-state index < -0.39 is 0 Å². The maximum Gasteiger partial charge on any atom is 0.251 e. The summed E-state index contributed by atoms with van der Waals surface area (Å²) in [7, 11) is 0. The standard InChI is InChI=1S/C20H22ClNO2S/c21-18-3-1-2-17(14-18)15-4-6-16(7-5-15)20(23)22-10-13-25-19-8-11-24-12-9-19/h1-7,14,19H,8-13H2,(H,22,23). The normalized spacial score (nSPS) is 15.1. The van der Waals surface area contributed by atoms with Gasteiger partial charge in [0, 0.05) is 41.3 Å². The Kier molecular flexibility index (Phi) is 6.79. The molecule has 3 rings (SSSR count). The zero-order valence-corrected chi connectivity index (χ0v) is 15.6. The molecular weight excluding hydrogens is 354 g/mol. The van der Waals surface area contributed by atoms with Crippen molar-refractivity contribution in [3.05, 3.63) is 59.1 Å². The molecule has 0 radical (unpaired) electrons. The second-order valence-corrected chi connectivity index (χ2v) is 7.87. The monoisotopic (exact) mass is 375 g/mol. The molecule has 0 saturated carbocycles. The van der Waals surface area contributed by atoms with E-state index in [1.807, 2.05) is 60.3 Å². The average molecular weight is 376 g/mol. The molecule has 1 aliphatic heterocycles. The molecule has 1 amide bonds. The van der Waals surface area contributed by atoms with Gasteiger partial charge in [-0.15, -0.1) is 0 Å². The minimum absolute atomic E-state index is 0.0229. The van der Waals surface area contributed by atoms with Crippen molar-refractivity contribution in [2.45, 2.75) is 18.1 Å². The van der Waals surface area contributed by atoms with Crippen LogP contribution in [0.1, 0.15) is 23.2 Å². The predicted octanol–water partition coefficient (Wildman–Crippen LogP) is 4.65. The molecule has 3 nitrogen and oxygen atoms in total. The molecule has 2 aromatic carbocycles. The third-order valence-corrected chi connectivity index (χ3v) is 5.83. The van der Waals surface area contributed by atoms with Crippen LogP contribution < -0.4 is 5.32 Å². The van der Waals surface area contributed by atoms with E-state index in [-0.39, 0.29) is 5.91 Å². The van der Waals surface area contributed by atoms with Gasteiger partial charge < -0.3 is 10.1 Å². The van der Waals surface area contributed by atoms with Crippen LogP contribution in [0.3, 0.4) is 0 Å². The van der Waals surface area contributed by atoms with E-state index in [4.69, 9.17) is 16.3 Å². The summed E-state index contributed by atoms with van der Waals surface area (Å²) in [5.74, 6) is 0.919. The van der Waals surface area contributed by atoms with Crippen LogP contribution >= 0.6 is 23.4 Å². The Morgan fingerprint density at radius 3 is 2.60 bits per heavy atom. The highest BCUT2D eigenvalue weighted by molar-refractivity contribution is 7.99. The topological polar surface area (TPSA) is 38.3 Å². The number of hydrogen-bond acceptors (Lipinski definition) is 3. The van der Waals surface area contributed by atoms with Crippen LogP contribution in [0.15, 0.2) is 48.5 Å². The van der Waals surface area contributed by atoms with Gasteiger partial charge in [0.15, 0.2) is 0 Å². The third kappa shape index (κ3) is 5.50. The summed E-state index contributed by atoms with van der Waals surface area (Å²) in [6, 6.07) is 15.3. The Morgan fingerprint density at radius 1 is 1.12 bits per heavy atom. The lowest BCUT2D eigenvalue weighted by atomic mass is 10.0. The van der Waals surface area contributed by atoms with E-state index in [0.29, 0.717) is 22.4 Å². The molecule has 25 heavy (non-hydrogen) atoms. The van der Waals surface area contributed by atoms with Crippen LogP contribution in [0.4, 0.5) is 0 Å². The van der Waals surface area contributed by atoms with Crippen LogP contribution in [-0.2, 0) is 4.74 Å². The number of thioether (sulfide) groups is 1. The smallest absolute Gasteiger partial charge is 0.251 e.